The molecule has 0 aliphatic heterocycles. The molecule has 24 heavy (non-hydrogen) atoms. The number of hydrogen-bond acceptors (Lipinski definition) is 4. The van der Waals surface area contributed by atoms with Crippen molar-refractivity contribution in [3.05, 3.63) is 51.3 Å². The first-order chi connectivity index (χ1) is 11.3. The Morgan fingerprint density at radius 1 is 1.21 bits per heavy atom. The smallest absolute Gasteiger partial charge is 0.339 e. The highest BCUT2D eigenvalue weighted by atomic mass is 35.5. The Kier molecular flexibility index (Phi) is 5.09. The first kappa shape index (κ1) is 17.7. The van der Waals surface area contributed by atoms with Gasteiger partial charge in [-0.25, -0.2) is 4.79 Å². The highest BCUT2D eigenvalue weighted by Crippen LogP contribution is 2.23. The summed E-state index contributed by atoms with van der Waals surface area (Å²) in [5.41, 5.74) is 2.57. The first-order valence-corrected chi connectivity index (χ1v) is 7.53. The minimum Gasteiger partial charge on any atom is -0.465 e. The van der Waals surface area contributed by atoms with Gasteiger partial charge < -0.3 is 15.0 Å². The van der Waals surface area contributed by atoms with Crippen LogP contribution < -0.4 is 5.32 Å². The fourth-order valence-electron chi connectivity index (χ4n) is 2.57. The Labute approximate surface area is 144 Å². The summed E-state index contributed by atoms with van der Waals surface area (Å²) in [5.74, 6) is -1.12. The maximum Gasteiger partial charge on any atom is 0.339 e. The van der Waals surface area contributed by atoms with Crippen LogP contribution in [-0.4, -0.2) is 29.8 Å². The fraction of sp³-hybridized carbons (Fsp3) is 0.235. The number of anilines is 1. The molecular weight excluding hydrogens is 332 g/mol. The van der Waals surface area contributed by atoms with Gasteiger partial charge in [-0.15, -0.1) is 0 Å². The monoisotopic (exact) mass is 348 g/mol. The van der Waals surface area contributed by atoms with E-state index in [0.717, 1.165) is 0 Å². The predicted octanol–water partition coefficient (Wildman–Crippen LogP) is 3.53. The second-order valence-corrected chi connectivity index (χ2v) is 5.73. The summed E-state index contributed by atoms with van der Waals surface area (Å²) in [5, 5.41) is 2.90. The van der Waals surface area contributed by atoms with Crippen molar-refractivity contribution in [1.82, 2.24) is 4.98 Å². The number of carbonyl (C=O) groups excluding carboxylic acids is 3. The van der Waals surface area contributed by atoms with Crippen molar-refractivity contribution in [2.45, 2.75) is 20.8 Å². The number of amides is 1. The highest BCUT2D eigenvalue weighted by molar-refractivity contribution is 6.33. The van der Waals surface area contributed by atoms with Crippen molar-refractivity contribution >= 4 is 34.9 Å². The molecule has 1 amide bonds. The third-order valence-corrected chi connectivity index (χ3v) is 3.98. The molecule has 2 rings (SSSR count). The maximum absolute atomic E-state index is 12.5. The summed E-state index contributed by atoms with van der Waals surface area (Å²) in [6, 6.07) is 4.50. The number of aromatic amines is 1. The number of carbonyl (C=O) groups is 3. The van der Waals surface area contributed by atoms with Gasteiger partial charge in [0.05, 0.1) is 17.7 Å². The number of nitrogens with one attached hydrogen (secondary N) is 2. The van der Waals surface area contributed by atoms with E-state index in [1.165, 1.54) is 26.2 Å². The largest absolute Gasteiger partial charge is 0.465 e. The molecule has 2 aromatic rings. The number of benzene rings is 1. The lowest BCUT2D eigenvalue weighted by atomic mass is 10.1. The zero-order valence-corrected chi connectivity index (χ0v) is 14.5. The lowest BCUT2D eigenvalue weighted by Gasteiger charge is -2.08. The van der Waals surface area contributed by atoms with Crippen LogP contribution >= 0.6 is 11.6 Å². The average Bonchev–Trinajstić information content (AvgIpc) is 2.83. The van der Waals surface area contributed by atoms with E-state index >= 15 is 0 Å². The second-order valence-electron chi connectivity index (χ2n) is 5.32. The molecular formula is C17H17ClN2O4. The van der Waals surface area contributed by atoms with E-state index in [4.69, 9.17) is 11.6 Å². The number of esters is 1. The van der Waals surface area contributed by atoms with E-state index < -0.39 is 11.9 Å². The van der Waals surface area contributed by atoms with Gasteiger partial charge in [0.25, 0.3) is 5.91 Å². The van der Waals surface area contributed by atoms with E-state index in [0.29, 0.717) is 28.2 Å². The molecule has 1 aromatic carbocycles. The quantitative estimate of drug-likeness (QED) is 0.653. The molecule has 0 radical (unpaired) electrons. The van der Waals surface area contributed by atoms with Gasteiger partial charge in [0.15, 0.2) is 5.78 Å². The van der Waals surface area contributed by atoms with Crippen LogP contribution in [0.5, 0.6) is 0 Å². The average molecular weight is 349 g/mol. The maximum atomic E-state index is 12.5. The Hall–Kier alpha value is -2.60. The molecule has 1 aromatic heterocycles. The van der Waals surface area contributed by atoms with E-state index in [1.807, 2.05) is 0 Å². The van der Waals surface area contributed by atoms with Crippen molar-refractivity contribution in [1.29, 1.82) is 0 Å². The van der Waals surface area contributed by atoms with Gasteiger partial charge in [-0.2, -0.15) is 0 Å². The third-order valence-electron chi connectivity index (χ3n) is 3.65. The minimum absolute atomic E-state index is 0.111. The number of Topliss-reactive ketones (excluding diaryl/α,β-unsaturated/α-hetero) is 1. The number of ketones is 1. The van der Waals surface area contributed by atoms with Crippen molar-refractivity contribution in [3.63, 3.8) is 0 Å². The highest BCUT2D eigenvalue weighted by Gasteiger charge is 2.20. The molecule has 0 saturated heterocycles. The molecule has 0 bridgehead atoms. The summed E-state index contributed by atoms with van der Waals surface area (Å²) in [6.45, 7) is 4.89. The summed E-state index contributed by atoms with van der Waals surface area (Å²) < 4.78 is 4.65. The number of rotatable bonds is 4. The molecule has 0 atom stereocenters. The molecule has 0 fully saturated rings. The van der Waals surface area contributed by atoms with Crippen molar-refractivity contribution in [3.8, 4) is 0 Å². The number of H-pyrrole nitrogens is 1. The van der Waals surface area contributed by atoms with E-state index in [1.54, 1.807) is 19.9 Å². The Balaban J connectivity index is 2.33. The predicted molar refractivity (Wildman–Crippen MR) is 91.0 cm³/mol. The van der Waals surface area contributed by atoms with Gasteiger partial charge >= 0.3 is 5.97 Å². The Bertz CT molecular complexity index is 839. The molecule has 2 N–H and O–H groups in total. The Morgan fingerprint density at radius 3 is 2.42 bits per heavy atom. The number of methoxy groups -OCH3 is 1. The van der Waals surface area contributed by atoms with Crippen LogP contribution in [0.1, 0.15) is 49.4 Å². The van der Waals surface area contributed by atoms with Crippen LogP contribution in [0.2, 0.25) is 5.02 Å². The van der Waals surface area contributed by atoms with Gasteiger partial charge in [0, 0.05) is 16.9 Å². The molecule has 7 heteroatoms. The zero-order valence-electron chi connectivity index (χ0n) is 13.7. The Morgan fingerprint density at radius 2 is 1.88 bits per heavy atom. The molecule has 0 aliphatic carbocycles. The van der Waals surface area contributed by atoms with Gasteiger partial charge in [-0.3, -0.25) is 9.59 Å². The van der Waals surface area contributed by atoms with Crippen molar-refractivity contribution in [2.75, 3.05) is 12.4 Å². The molecule has 0 unspecified atom stereocenters. The molecule has 126 valence electrons. The first-order valence-electron chi connectivity index (χ1n) is 7.15. The lowest BCUT2D eigenvalue weighted by molar-refractivity contribution is 0.0600. The molecule has 0 aliphatic rings. The lowest BCUT2D eigenvalue weighted by Crippen LogP contribution is -2.14. The third kappa shape index (κ3) is 3.33. The van der Waals surface area contributed by atoms with Crippen LogP contribution in [0, 0.1) is 13.8 Å². The minimum atomic E-state index is -0.595. The van der Waals surface area contributed by atoms with E-state index in [-0.39, 0.29) is 16.4 Å². The van der Waals surface area contributed by atoms with Crippen LogP contribution in [0.25, 0.3) is 0 Å². The van der Waals surface area contributed by atoms with Gasteiger partial charge in [0.2, 0.25) is 0 Å². The molecule has 1 heterocycles. The molecule has 0 saturated carbocycles. The van der Waals surface area contributed by atoms with Gasteiger partial charge in [-0.05, 0) is 44.5 Å². The summed E-state index contributed by atoms with van der Waals surface area (Å²) >= 11 is 5.95. The van der Waals surface area contributed by atoms with Gasteiger partial charge in [-0.1, -0.05) is 11.6 Å². The summed E-state index contributed by atoms with van der Waals surface area (Å²) in [6.07, 6.45) is 0. The van der Waals surface area contributed by atoms with Crippen LogP contribution in [0.4, 0.5) is 5.69 Å². The van der Waals surface area contributed by atoms with Gasteiger partial charge in [0.1, 0.15) is 5.69 Å². The fourth-order valence-corrected chi connectivity index (χ4v) is 2.76. The number of ether oxygens (including phenoxy) is 1. The topological polar surface area (TPSA) is 88.3 Å². The van der Waals surface area contributed by atoms with Crippen LogP contribution in [0.15, 0.2) is 18.2 Å². The molecule has 0 spiro atoms. The van der Waals surface area contributed by atoms with Crippen LogP contribution in [0.3, 0.4) is 0 Å². The zero-order chi connectivity index (χ0) is 18.0. The van der Waals surface area contributed by atoms with E-state index in [2.05, 4.69) is 15.0 Å². The number of halogens is 1. The molecule has 6 nitrogen and oxygen atoms in total. The standard InChI is InChI=1S/C17H17ClN2O4/c1-8-14(10(3)21)9(2)19-15(8)16(22)20-11-5-6-13(18)12(7-11)17(23)24-4/h5-7,19H,1-4H3,(H,20,22). The normalized spacial score (nSPS) is 10.4. The summed E-state index contributed by atoms with van der Waals surface area (Å²) in [7, 11) is 1.25. The van der Waals surface area contributed by atoms with Crippen molar-refractivity contribution < 1.29 is 19.1 Å². The second kappa shape index (κ2) is 6.88. The number of aryl methyl sites for hydroxylation is 1. The van der Waals surface area contributed by atoms with E-state index in [9.17, 15) is 14.4 Å². The summed E-state index contributed by atoms with van der Waals surface area (Å²) in [4.78, 5) is 38.7. The number of aromatic nitrogens is 1. The van der Waals surface area contributed by atoms with Crippen molar-refractivity contribution in [2.24, 2.45) is 0 Å². The number of hydrogen-bond donors (Lipinski definition) is 2. The SMILES string of the molecule is COC(=O)c1cc(NC(=O)c2[nH]c(C)c(C(C)=O)c2C)ccc1Cl. The van der Waals surface area contributed by atoms with Crippen LogP contribution in [-0.2, 0) is 4.74 Å².